The maximum absolute atomic E-state index is 14.8. The molecular weight excluding hydrogens is 407 g/mol. The van der Waals surface area contributed by atoms with Gasteiger partial charge in [0, 0.05) is 42.2 Å². The highest BCUT2D eigenvalue weighted by Gasteiger charge is 2.22. The van der Waals surface area contributed by atoms with Crippen molar-refractivity contribution in [2.24, 2.45) is 5.16 Å². The van der Waals surface area contributed by atoms with Crippen molar-refractivity contribution in [2.45, 2.75) is 19.3 Å². The van der Waals surface area contributed by atoms with E-state index in [2.05, 4.69) is 21.1 Å². The molecule has 0 saturated heterocycles. The summed E-state index contributed by atoms with van der Waals surface area (Å²) in [5, 5.41) is 13.2. The Labute approximate surface area is 167 Å². The summed E-state index contributed by atoms with van der Waals surface area (Å²) in [5.74, 6) is -0.503. The molecule has 3 nitrogen and oxygen atoms in total. The largest absolute Gasteiger partial charge is 0.411 e. The molecule has 5 heteroatoms. The zero-order chi connectivity index (χ0) is 19.4. The normalized spacial score (nSPS) is 15.6. The van der Waals surface area contributed by atoms with Gasteiger partial charge in [-0.3, -0.25) is 0 Å². The Bertz CT molecular complexity index is 903. The lowest BCUT2D eigenvalue weighted by molar-refractivity contribution is 0.317. The Morgan fingerprint density at radius 3 is 2.63 bits per heavy atom. The Morgan fingerprint density at radius 1 is 1.26 bits per heavy atom. The summed E-state index contributed by atoms with van der Waals surface area (Å²) in [6.07, 6.45) is 6.29. The van der Waals surface area contributed by atoms with E-state index in [1.807, 2.05) is 73.6 Å². The number of nitrogens with zero attached hydrogens (tertiary/aromatic N) is 2. The van der Waals surface area contributed by atoms with Crippen LogP contribution in [-0.2, 0) is 0 Å². The molecular formula is C22H22BrFN2O. The molecule has 0 bridgehead atoms. The molecule has 0 amide bonds. The maximum Gasteiger partial charge on any atom is 0.127 e. The molecule has 1 N–H and O–H groups in total. The van der Waals surface area contributed by atoms with Crippen molar-refractivity contribution >= 4 is 21.6 Å². The summed E-state index contributed by atoms with van der Waals surface area (Å²) >= 11 is 3.45. The van der Waals surface area contributed by atoms with Gasteiger partial charge in [0.2, 0.25) is 0 Å². The van der Waals surface area contributed by atoms with Gasteiger partial charge in [-0.25, -0.2) is 4.39 Å². The average Bonchev–Trinajstić information content (AvgIpc) is 2.64. The quantitative estimate of drug-likeness (QED) is 0.380. The van der Waals surface area contributed by atoms with E-state index in [1.165, 1.54) is 0 Å². The smallest absolute Gasteiger partial charge is 0.127 e. The number of rotatable bonds is 5. The number of hydrogen-bond acceptors (Lipinski definition) is 3. The van der Waals surface area contributed by atoms with Crippen LogP contribution >= 0.6 is 15.9 Å². The van der Waals surface area contributed by atoms with Crippen LogP contribution in [0.3, 0.4) is 0 Å². The van der Waals surface area contributed by atoms with Crippen LogP contribution in [0.25, 0.3) is 0 Å². The fraction of sp³-hybridized carbons (Fsp3) is 0.227. The minimum atomic E-state index is -0.258. The van der Waals surface area contributed by atoms with E-state index in [0.29, 0.717) is 17.7 Å². The molecule has 2 aromatic carbocycles. The van der Waals surface area contributed by atoms with E-state index in [-0.39, 0.29) is 11.7 Å². The number of aryl methyl sites for hydroxylation is 1. The summed E-state index contributed by atoms with van der Waals surface area (Å²) in [6, 6.07) is 13.1. The van der Waals surface area contributed by atoms with Crippen LogP contribution in [0.1, 0.15) is 29.0 Å². The van der Waals surface area contributed by atoms with Gasteiger partial charge in [-0.15, -0.1) is 0 Å². The summed E-state index contributed by atoms with van der Waals surface area (Å²) in [4.78, 5) is 2.02. The van der Waals surface area contributed by atoms with E-state index in [9.17, 15) is 9.60 Å². The van der Waals surface area contributed by atoms with E-state index in [0.717, 1.165) is 27.7 Å². The van der Waals surface area contributed by atoms with Crippen LogP contribution in [0.2, 0.25) is 0 Å². The van der Waals surface area contributed by atoms with Gasteiger partial charge in [-0.2, -0.15) is 0 Å². The van der Waals surface area contributed by atoms with Gasteiger partial charge in [-0.05, 0) is 41.8 Å². The first kappa shape index (κ1) is 19.4. The van der Waals surface area contributed by atoms with Crippen LogP contribution in [0.4, 0.5) is 4.39 Å². The van der Waals surface area contributed by atoms with Gasteiger partial charge in [0.25, 0.3) is 0 Å². The standard InChI is InChI=1S/C22H22BrFN2O/c1-15-5-10-19(21(24)12-15)20(16-6-8-18(23)9-7-16)13-22(25-27)17-4-3-11-26(2)14-17/h3-10,12,14,20,27H,11,13H2,1-2H3/b25-22+. The number of oxime groups is 1. The zero-order valence-electron chi connectivity index (χ0n) is 15.4. The topological polar surface area (TPSA) is 35.8 Å². The summed E-state index contributed by atoms with van der Waals surface area (Å²) < 4.78 is 15.7. The zero-order valence-corrected chi connectivity index (χ0v) is 16.9. The van der Waals surface area contributed by atoms with Gasteiger partial charge in [-0.1, -0.05) is 57.5 Å². The van der Waals surface area contributed by atoms with Crippen molar-refractivity contribution in [1.29, 1.82) is 0 Å². The number of likely N-dealkylation sites (N-methyl/N-ethyl adjacent to an activating group) is 1. The van der Waals surface area contributed by atoms with Crippen molar-refractivity contribution in [2.75, 3.05) is 13.6 Å². The lowest BCUT2D eigenvalue weighted by atomic mass is 9.84. The van der Waals surface area contributed by atoms with E-state index >= 15 is 0 Å². The molecule has 0 saturated carbocycles. The van der Waals surface area contributed by atoms with Crippen LogP contribution in [0.5, 0.6) is 0 Å². The average molecular weight is 429 g/mol. The van der Waals surface area contributed by atoms with Crippen molar-refractivity contribution < 1.29 is 9.60 Å². The first-order valence-electron chi connectivity index (χ1n) is 8.79. The van der Waals surface area contributed by atoms with E-state index in [1.54, 1.807) is 6.07 Å². The molecule has 2 aromatic rings. The second kappa shape index (κ2) is 8.53. The van der Waals surface area contributed by atoms with Crippen LogP contribution in [0.15, 0.2) is 76.0 Å². The summed E-state index contributed by atoms with van der Waals surface area (Å²) in [5.41, 5.74) is 3.81. The van der Waals surface area contributed by atoms with Gasteiger partial charge in [0.1, 0.15) is 5.82 Å². The predicted octanol–water partition coefficient (Wildman–Crippen LogP) is 5.63. The van der Waals surface area contributed by atoms with Crippen LogP contribution in [-0.4, -0.2) is 29.4 Å². The van der Waals surface area contributed by atoms with Crippen molar-refractivity contribution in [3.8, 4) is 0 Å². The van der Waals surface area contributed by atoms with Gasteiger partial charge in [0.15, 0.2) is 0 Å². The Kier molecular flexibility index (Phi) is 6.11. The van der Waals surface area contributed by atoms with Crippen molar-refractivity contribution in [3.63, 3.8) is 0 Å². The number of hydrogen-bond donors (Lipinski definition) is 1. The molecule has 1 heterocycles. The molecule has 3 rings (SSSR count). The molecule has 1 unspecified atom stereocenters. The van der Waals surface area contributed by atoms with Crippen LogP contribution < -0.4 is 0 Å². The minimum absolute atomic E-state index is 0.245. The molecule has 1 aliphatic rings. The molecule has 140 valence electrons. The molecule has 27 heavy (non-hydrogen) atoms. The monoisotopic (exact) mass is 428 g/mol. The Balaban J connectivity index is 2.01. The van der Waals surface area contributed by atoms with Crippen LogP contribution in [0, 0.1) is 12.7 Å². The third-order valence-electron chi connectivity index (χ3n) is 4.71. The second-order valence-electron chi connectivity index (χ2n) is 6.81. The second-order valence-corrected chi connectivity index (χ2v) is 7.72. The summed E-state index contributed by atoms with van der Waals surface area (Å²) in [6.45, 7) is 2.68. The number of benzene rings is 2. The first-order valence-corrected chi connectivity index (χ1v) is 9.58. The van der Waals surface area contributed by atoms with Gasteiger partial charge < -0.3 is 10.1 Å². The Hall–Kier alpha value is -2.40. The minimum Gasteiger partial charge on any atom is -0.411 e. The Morgan fingerprint density at radius 2 is 2.00 bits per heavy atom. The molecule has 0 aliphatic carbocycles. The van der Waals surface area contributed by atoms with Gasteiger partial charge in [0.05, 0.1) is 5.71 Å². The highest BCUT2D eigenvalue weighted by atomic mass is 79.9. The molecule has 0 aromatic heterocycles. The SMILES string of the molecule is Cc1ccc(C(C/C(=N\O)C2=CN(C)CC=C2)c2ccc(Br)cc2)c(F)c1. The van der Waals surface area contributed by atoms with Crippen molar-refractivity contribution in [3.05, 3.63) is 93.4 Å². The first-order chi connectivity index (χ1) is 13.0. The summed E-state index contributed by atoms with van der Waals surface area (Å²) in [7, 11) is 1.96. The molecule has 1 aliphatic heterocycles. The molecule has 0 spiro atoms. The predicted molar refractivity (Wildman–Crippen MR) is 111 cm³/mol. The highest BCUT2D eigenvalue weighted by molar-refractivity contribution is 9.10. The molecule has 0 radical (unpaired) electrons. The lowest BCUT2D eigenvalue weighted by Gasteiger charge is -2.22. The highest BCUT2D eigenvalue weighted by Crippen LogP contribution is 2.33. The molecule has 1 atom stereocenters. The lowest BCUT2D eigenvalue weighted by Crippen LogP contribution is -2.19. The number of halogens is 2. The van der Waals surface area contributed by atoms with Crippen molar-refractivity contribution in [1.82, 2.24) is 4.90 Å². The third-order valence-corrected chi connectivity index (χ3v) is 5.23. The fourth-order valence-corrected chi connectivity index (χ4v) is 3.54. The maximum atomic E-state index is 14.8. The van der Waals surface area contributed by atoms with E-state index in [4.69, 9.17) is 0 Å². The van der Waals surface area contributed by atoms with Gasteiger partial charge >= 0.3 is 0 Å². The van der Waals surface area contributed by atoms with E-state index < -0.39 is 0 Å². The third kappa shape index (κ3) is 4.66. The number of allylic oxidation sites excluding steroid dienone is 2. The fourth-order valence-electron chi connectivity index (χ4n) is 3.28. The molecule has 0 fully saturated rings.